The van der Waals surface area contributed by atoms with Crippen LogP contribution in [0.3, 0.4) is 0 Å². The topological polar surface area (TPSA) is 63.4 Å². The summed E-state index contributed by atoms with van der Waals surface area (Å²) in [7, 11) is -3.20. The normalized spacial score (nSPS) is 39.3. The molecule has 4 nitrogen and oxygen atoms in total. The van der Waals surface area contributed by atoms with E-state index in [-0.39, 0.29) is 11.7 Å². The number of nitrogens with zero attached hydrogens (tertiary/aromatic N) is 1. The number of hydrogen-bond acceptors (Lipinski definition) is 3. The summed E-state index contributed by atoms with van der Waals surface area (Å²) in [6.07, 6.45) is 4.76. The third-order valence-electron chi connectivity index (χ3n) is 4.75. The maximum atomic E-state index is 12.3. The lowest BCUT2D eigenvalue weighted by atomic mass is 9.75. The molecule has 1 saturated carbocycles. The second kappa shape index (κ2) is 5.30. The number of thiocarbonyl (C=S) groups is 1. The van der Waals surface area contributed by atoms with E-state index in [0.29, 0.717) is 17.5 Å². The molecule has 1 aliphatic carbocycles. The van der Waals surface area contributed by atoms with Gasteiger partial charge in [-0.3, -0.25) is 0 Å². The van der Waals surface area contributed by atoms with Gasteiger partial charge in [0.25, 0.3) is 0 Å². The van der Waals surface area contributed by atoms with Gasteiger partial charge in [-0.15, -0.1) is 0 Å². The van der Waals surface area contributed by atoms with Crippen LogP contribution < -0.4 is 5.73 Å². The molecule has 2 N–H and O–H groups in total. The molecule has 2 rings (SSSR count). The molecular formula is C13H24N2O2S2. The van der Waals surface area contributed by atoms with E-state index in [1.165, 1.54) is 0 Å². The van der Waals surface area contributed by atoms with Gasteiger partial charge in [-0.1, -0.05) is 32.5 Å². The van der Waals surface area contributed by atoms with E-state index in [1.807, 2.05) is 6.92 Å². The molecule has 0 aromatic carbocycles. The van der Waals surface area contributed by atoms with Crippen molar-refractivity contribution in [2.24, 2.45) is 17.6 Å². The summed E-state index contributed by atoms with van der Waals surface area (Å²) < 4.78 is 26.3. The number of hydrogen-bond donors (Lipinski definition) is 1. The van der Waals surface area contributed by atoms with Crippen LogP contribution in [0.4, 0.5) is 0 Å². The van der Waals surface area contributed by atoms with Gasteiger partial charge in [-0.05, 0) is 37.5 Å². The van der Waals surface area contributed by atoms with E-state index < -0.39 is 15.6 Å². The predicted molar refractivity (Wildman–Crippen MR) is 81.4 cm³/mol. The minimum absolute atomic E-state index is 0.167. The van der Waals surface area contributed by atoms with Crippen LogP contribution in [0.5, 0.6) is 0 Å². The van der Waals surface area contributed by atoms with Crippen LogP contribution in [-0.4, -0.2) is 35.5 Å². The minimum atomic E-state index is -3.20. The Labute approximate surface area is 121 Å². The molecule has 2 aliphatic rings. The fourth-order valence-corrected chi connectivity index (χ4v) is 6.19. The zero-order valence-corrected chi connectivity index (χ0v) is 13.4. The fourth-order valence-electron chi connectivity index (χ4n) is 3.52. The molecular weight excluding hydrogens is 280 g/mol. The van der Waals surface area contributed by atoms with Crippen molar-refractivity contribution in [1.82, 2.24) is 4.31 Å². The first kappa shape index (κ1) is 15.2. The lowest BCUT2D eigenvalue weighted by Gasteiger charge is -2.44. The average molecular weight is 304 g/mol. The zero-order valence-electron chi connectivity index (χ0n) is 11.8. The summed E-state index contributed by atoms with van der Waals surface area (Å²) in [4.78, 5) is 0.361. The largest absolute Gasteiger partial charge is 0.392 e. The number of sulfonamides is 1. The van der Waals surface area contributed by atoms with Gasteiger partial charge in [0.15, 0.2) is 0 Å². The van der Waals surface area contributed by atoms with Gasteiger partial charge in [0.05, 0.1) is 16.3 Å². The Balaban J connectivity index is 2.29. The lowest BCUT2D eigenvalue weighted by molar-refractivity contribution is 0.166. The van der Waals surface area contributed by atoms with Gasteiger partial charge in [-0.2, -0.15) is 4.31 Å². The van der Waals surface area contributed by atoms with Crippen molar-refractivity contribution in [3.8, 4) is 0 Å². The molecule has 6 heteroatoms. The highest BCUT2D eigenvalue weighted by Gasteiger charge is 2.51. The second-order valence-corrected chi connectivity index (χ2v) is 8.54. The Hall–Kier alpha value is -0.200. The molecule has 1 unspecified atom stereocenters. The Kier molecular flexibility index (Phi) is 4.23. The first-order valence-corrected chi connectivity index (χ1v) is 9.14. The third-order valence-corrected chi connectivity index (χ3v) is 7.29. The fraction of sp³-hybridized carbons (Fsp3) is 0.923. The minimum Gasteiger partial charge on any atom is -0.392 e. The molecule has 2 fully saturated rings. The molecule has 19 heavy (non-hydrogen) atoms. The van der Waals surface area contributed by atoms with E-state index in [4.69, 9.17) is 18.0 Å². The second-order valence-electron chi connectivity index (χ2n) is 6.16. The van der Waals surface area contributed by atoms with Gasteiger partial charge in [0, 0.05) is 6.54 Å². The summed E-state index contributed by atoms with van der Waals surface area (Å²) in [5, 5.41) is 0. The lowest BCUT2D eigenvalue weighted by Crippen LogP contribution is -2.59. The van der Waals surface area contributed by atoms with Crippen LogP contribution >= 0.6 is 12.2 Å². The van der Waals surface area contributed by atoms with Crippen molar-refractivity contribution >= 4 is 27.2 Å². The maximum absolute atomic E-state index is 12.3. The van der Waals surface area contributed by atoms with Crippen LogP contribution in [0.2, 0.25) is 0 Å². The first-order chi connectivity index (χ1) is 8.82. The third kappa shape index (κ3) is 2.67. The van der Waals surface area contributed by atoms with E-state index in [2.05, 4.69) is 6.92 Å². The first-order valence-electron chi connectivity index (χ1n) is 7.12. The van der Waals surface area contributed by atoms with Crippen molar-refractivity contribution < 1.29 is 8.42 Å². The highest BCUT2D eigenvalue weighted by Crippen LogP contribution is 2.41. The van der Waals surface area contributed by atoms with Crippen molar-refractivity contribution in [2.75, 3.05) is 12.3 Å². The van der Waals surface area contributed by atoms with Crippen LogP contribution in [0.1, 0.15) is 46.0 Å². The molecule has 1 atom stereocenters. The summed E-state index contributed by atoms with van der Waals surface area (Å²) in [5.41, 5.74) is 5.37. The molecule has 0 amide bonds. The number of nitrogens with two attached hydrogens (primary N) is 1. The van der Waals surface area contributed by atoms with E-state index >= 15 is 0 Å². The smallest absolute Gasteiger partial charge is 0.215 e. The van der Waals surface area contributed by atoms with Gasteiger partial charge >= 0.3 is 0 Å². The Morgan fingerprint density at radius 3 is 2.37 bits per heavy atom. The quantitative estimate of drug-likeness (QED) is 0.809. The van der Waals surface area contributed by atoms with E-state index in [9.17, 15) is 8.42 Å². The predicted octanol–water partition coefficient (Wildman–Crippen LogP) is 1.89. The molecule has 0 spiro atoms. The molecule has 1 saturated heterocycles. The highest BCUT2D eigenvalue weighted by molar-refractivity contribution is 7.89. The van der Waals surface area contributed by atoms with Crippen molar-refractivity contribution in [3.63, 3.8) is 0 Å². The van der Waals surface area contributed by atoms with Crippen LogP contribution in [-0.2, 0) is 10.0 Å². The summed E-state index contributed by atoms with van der Waals surface area (Å²) in [6, 6.07) is 0. The standard InChI is InChI=1S/C13H24N2O2S2/c1-3-11-4-6-13(7-5-11,12(14)18)15-8-10(2)9-19(15,16)17/h10-11H,3-9H2,1-2H3,(H2,14,18). The highest BCUT2D eigenvalue weighted by atomic mass is 32.2. The van der Waals surface area contributed by atoms with E-state index in [0.717, 1.165) is 32.1 Å². The Bertz CT molecular complexity index is 453. The Morgan fingerprint density at radius 2 is 2.00 bits per heavy atom. The average Bonchev–Trinajstić information content (AvgIpc) is 2.62. The summed E-state index contributed by atoms with van der Waals surface area (Å²) >= 11 is 5.25. The van der Waals surface area contributed by atoms with Crippen molar-refractivity contribution in [2.45, 2.75) is 51.5 Å². The summed E-state index contributed by atoms with van der Waals surface area (Å²) in [6.45, 7) is 4.73. The Morgan fingerprint density at radius 1 is 1.42 bits per heavy atom. The van der Waals surface area contributed by atoms with Crippen LogP contribution in [0.15, 0.2) is 0 Å². The van der Waals surface area contributed by atoms with Gasteiger partial charge < -0.3 is 5.73 Å². The van der Waals surface area contributed by atoms with Gasteiger partial charge in [0.1, 0.15) is 0 Å². The van der Waals surface area contributed by atoms with Crippen LogP contribution in [0.25, 0.3) is 0 Å². The van der Waals surface area contributed by atoms with Crippen molar-refractivity contribution in [3.05, 3.63) is 0 Å². The molecule has 0 aromatic heterocycles. The molecule has 1 aliphatic heterocycles. The van der Waals surface area contributed by atoms with Gasteiger partial charge in [0.2, 0.25) is 10.0 Å². The maximum Gasteiger partial charge on any atom is 0.215 e. The van der Waals surface area contributed by atoms with Crippen molar-refractivity contribution in [1.29, 1.82) is 0 Å². The zero-order chi connectivity index (χ0) is 14.3. The SMILES string of the molecule is CCC1CCC(C(N)=S)(N2CC(C)CS2(=O)=O)CC1. The number of rotatable bonds is 3. The molecule has 110 valence electrons. The van der Waals surface area contributed by atoms with Crippen LogP contribution in [0, 0.1) is 11.8 Å². The van der Waals surface area contributed by atoms with Gasteiger partial charge in [-0.25, -0.2) is 8.42 Å². The molecule has 0 bridgehead atoms. The summed E-state index contributed by atoms with van der Waals surface area (Å²) in [5.74, 6) is 1.08. The molecule has 0 radical (unpaired) electrons. The van der Waals surface area contributed by atoms with E-state index in [1.54, 1.807) is 4.31 Å². The molecule has 1 heterocycles. The monoisotopic (exact) mass is 304 g/mol. The molecule has 0 aromatic rings.